The van der Waals surface area contributed by atoms with Gasteiger partial charge in [0.05, 0.1) is 52.0 Å². The Hall–Kier alpha value is -10.7. The number of oxime groups is 1. The lowest BCUT2D eigenvalue weighted by Crippen LogP contribution is -2.58. The summed E-state index contributed by atoms with van der Waals surface area (Å²) in [5.41, 5.74) is 13.0. The van der Waals surface area contributed by atoms with Gasteiger partial charge in [-0.25, -0.2) is 0 Å². The van der Waals surface area contributed by atoms with Crippen LogP contribution in [0.25, 0.3) is 0 Å². The first-order chi connectivity index (χ1) is 47.2. The molecule has 2 aliphatic rings. The number of nitrogens with two attached hydrogens (primary N) is 2. The Labute approximate surface area is 568 Å². The van der Waals surface area contributed by atoms with Gasteiger partial charge in [-0.05, 0) is 79.5 Å². The van der Waals surface area contributed by atoms with Crippen LogP contribution in [-0.4, -0.2) is 281 Å². The molecular weight excluding hydrogens is 1300 g/mol. The van der Waals surface area contributed by atoms with Gasteiger partial charge in [-0.1, -0.05) is 59.8 Å². The first-order valence-electron chi connectivity index (χ1n) is 31.6. The second kappa shape index (κ2) is 41.4. The molecule has 99 heavy (non-hydrogen) atoms. The third-order valence-corrected chi connectivity index (χ3v) is 15.5. The maximum absolute atomic E-state index is 14.1. The monoisotopic (exact) mass is 1390 g/mol. The lowest BCUT2D eigenvalue weighted by atomic mass is 10.0. The summed E-state index contributed by atoms with van der Waals surface area (Å²) in [4.78, 5) is 182. The summed E-state index contributed by atoms with van der Waals surface area (Å²) in [7, 11) is 0. The van der Waals surface area contributed by atoms with E-state index < -0.39 is 153 Å². The van der Waals surface area contributed by atoms with E-state index >= 15 is 0 Å². The number of nitrogens with one attached hydrogen (secondary N) is 8. The topological polar surface area (TPSA) is 538 Å². The van der Waals surface area contributed by atoms with Crippen LogP contribution in [0.4, 0.5) is 5.69 Å². The van der Waals surface area contributed by atoms with Gasteiger partial charge in [-0.2, -0.15) is 0 Å². The van der Waals surface area contributed by atoms with Crippen molar-refractivity contribution in [3.8, 4) is 0 Å². The number of guanidine groups is 1. The van der Waals surface area contributed by atoms with E-state index in [1.807, 2.05) is 0 Å². The summed E-state index contributed by atoms with van der Waals surface area (Å²) >= 11 is 0. The molecule has 2 heterocycles. The Balaban J connectivity index is 1.15. The van der Waals surface area contributed by atoms with Crippen LogP contribution >= 0.6 is 0 Å². The van der Waals surface area contributed by atoms with Crippen LogP contribution in [0.15, 0.2) is 89.0 Å². The highest BCUT2D eigenvalue weighted by Crippen LogP contribution is 2.17. The summed E-state index contributed by atoms with van der Waals surface area (Å²) in [6.07, 6.45) is 0.785. The van der Waals surface area contributed by atoms with E-state index in [0.717, 1.165) is 0 Å². The molecule has 18 N–H and O–H groups in total. The molecular formula is C63H86N16O20. The van der Waals surface area contributed by atoms with Crippen molar-refractivity contribution in [3.05, 3.63) is 101 Å². The Morgan fingerprint density at radius 2 is 1.16 bits per heavy atom. The zero-order valence-electron chi connectivity index (χ0n) is 54.3. The molecule has 0 radical (unpaired) electrons. The van der Waals surface area contributed by atoms with E-state index in [0.29, 0.717) is 22.4 Å². The largest absolute Gasteiger partial charge is 0.481 e. The van der Waals surface area contributed by atoms with Gasteiger partial charge in [0, 0.05) is 82.6 Å². The number of aliphatic imine (C=N–C) groups is 1. The van der Waals surface area contributed by atoms with Crippen LogP contribution in [0.2, 0.25) is 0 Å². The van der Waals surface area contributed by atoms with Crippen molar-refractivity contribution in [2.45, 2.75) is 87.6 Å². The highest BCUT2D eigenvalue weighted by atomic mass is 16.6. The molecule has 2 fully saturated rings. The van der Waals surface area contributed by atoms with Gasteiger partial charge in [0.2, 0.25) is 35.4 Å². The first kappa shape index (κ1) is 79.0. The number of hydrogen-bond acceptors (Lipinski definition) is 21. The van der Waals surface area contributed by atoms with Gasteiger partial charge < -0.3 is 89.5 Å². The molecule has 8 amide bonds. The van der Waals surface area contributed by atoms with E-state index in [1.165, 1.54) is 30.5 Å². The van der Waals surface area contributed by atoms with Crippen molar-refractivity contribution >= 4 is 95.0 Å². The molecule has 2 unspecified atom stereocenters. The van der Waals surface area contributed by atoms with Gasteiger partial charge in [0.1, 0.15) is 30.2 Å². The van der Waals surface area contributed by atoms with Gasteiger partial charge in [-0.3, -0.25) is 86.9 Å². The maximum Gasteiger partial charge on any atom is 0.317 e. The number of benzene rings is 3. The normalized spacial score (nSPS) is 19.4. The minimum atomic E-state index is -1.68. The van der Waals surface area contributed by atoms with Crippen molar-refractivity contribution < 1.29 is 97.8 Å². The molecule has 36 heteroatoms. The number of aliphatic hydroxyl groups is 1. The van der Waals surface area contributed by atoms with Crippen molar-refractivity contribution in [2.24, 2.45) is 21.6 Å². The minimum absolute atomic E-state index is 0.0485. The quantitative estimate of drug-likeness (QED) is 0.0121. The molecule has 6 atom stereocenters. The van der Waals surface area contributed by atoms with Gasteiger partial charge in [0.25, 0.3) is 11.8 Å². The van der Waals surface area contributed by atoms with Crippen LogP contribution in [0, 0.1) is 0 Å². The van der Waals surface area contributed by atoms with Crippen LogP contribution in [0.5, 0.6) is 0 Å². The van der Waals surface area contributed by atoms with Crippen LogP contribution in [-0.2, 0) is 75.2 Å². The lowest BCUT2D eigenvalue weighted by Gasteiger charge is -2.37. The predicted molar refractivity (Wildman–Crippen MR) is 352 cm³/mol. The predicted octanol–water partition coefficient (Wildman–Crippen LogP) is -4.64. The molecule has 538 valence electrons. The standard InChI is InChI=1S/C63H86N16O20/c64-63(65)67-20-6-10-45-58(94)68-31-50(81)71-48(29-52(83)84)62(98)74-47(28-39-7-2-1-3-8-39)61(97)73-46(60(96)72-45)9-4-5-19-66-59(95)49(37-80)75-57(93)42-15-11-41(12-16-42)30-69-99-38-51(82)70-43-17-13-40(14-18-43)27-44-32-78(35-55(89)90)24-23-76(33-53(85)86)21-22-77(34-54(87)88)25-26-79(44)36-56(91)92/h1-3,7-8,11-18,30,44-49,80H,4-6,9-10,19-29,31-38H2,(H,66,95)(H,68,94)(H,70,82)(H,71,81)(H,72,96)(H,73,97)(H,74,98)(H,75,93)(H,83,84)(H,85,86)(H,87,88)(H,89,90)(H,91,92)(H4,64,65,67)/b69-30+/t44?,45-,46-,47+,48-,49?/m0/s1. The number of anilines is 1. The van der Waals surface area contributed by atoms with E-state index in [9.17, 15) is 93.0 Å². The number of aliphatic hydroxyl groups excluding tert-OH is 1. The van der Waals surface area contributed by atoms with Crippen LogP contribution in [0.1, 0.15) is 65.6 Å². The number of carbonyl (C=O) groups is 13. The Kier molecular flexibility index (Phi) is 33.1. The Morgan fingerprint density at radius 3 is 1.77 bits per heavy atom. The average molecular weight is 1390 g/mol. The molecule has 2 saturated heterocycles. The van der Waals surface area contributed by atoms with Crippen molar-refractivity contribution in [2.75, 3.05) is 110 Å². The summed E-state index contributed by atoms with van der Waals surface area (Å²) in [6, 6.07) is 13.0. The van der Waals surface area contributed by atoms with Gasteiger partial charge in [0.15, 0.2) is 12.6 Å². The summed E-state index contributed by atoms with van der Waals surface area (Å²) in [5.74, 6) is -12.8. The fourth-order valence-electron chi connectivity index (χ4n) is 10.5. The van der Waals surface area contributed by atoms with Gasteiger partial charge >= 0.3 is 29.8 Å². The number of carbonyl (C=O) groups excluding carboxylic acids is 8. The van der Waals surface area contributed by atoms with Crippen LogP contribution in [0.3, 0.4) is 0 Å². The molecule has 36 nitrogen and oxygen atoms in total. The number of nitrogens with zero attached hydrogens (tertiary/aromatic N) is 6. The first-order valence-corrected chi connectivity index (χ1v) is 31.6. The molecule has 0 aliphatic carbocycles. The smallest absolute Gasteiger partial charge is 0.317 e. The third kappa shape index (κ3) is 30.1. The highest BCUT2D eigenvalue weighted by molar-refractivity contribution is 5.99. The second-order valence-electron chi connectivity index (χ2n) is 23.3. The molecule has 2 aliphatic heterocycles. The second-order valence-corrected chi connectivity index (χ2v) is 23.3. The molecule has 0 saturated carbocycles. The maximum atomic E-state index is 14.1. The fraction of sp³-hybridized carbons (Fsp3) is 0.476. The Bertz CT molecular complexity index is 3320. The van der Waals surface area contributed by atoms with Crippen molar-refractivity contribution in [1.29, 1.82) is 0 Å². The summed E-state index contributed by atoms with van der Waals surface area (Å²) < 4.78 is 0. The number of aliphatic carboxylic acids is 5. The molecule has 3 aromatic carbocycles. The number of unbranched alkanes of at least 4 members (excludes halogenated alkanes) is 1. The van der Waals surface area contributed by atoms with E-state index in [1.54, 1.807) is 74.2 Å². The summed E-state index contributed by atoms with van der Waals surface area (Å²) in [6.45, 7) is -2.79. The summed E-state index contributed by atoms with van der Waals surface area (Å²) in [5, 5.41) is 82.5. The number of hydrogen-bond donors (Lipinski definition) is 16. The van der Waals surface area contributed by atoms with E-state index in [4.69, 9.17) is 16.3 Å². The molecule has 0 bridgehead atoms. The van der Waals surface area contributed by atoms with Crippen molar-refractivity contribution in [3.63, 3.8) is 0 Å². The molecule has 5 rings (SSSR count). The number of rotatable bonds is 32. The molecule has 0 spiro atoms. The zero-order chi connectivity index (χ0) is 72.4. The number of amides is 8. The highest BCUT2D eigenvalue weighted by Gasteiger charge is 2.34. The average Bonchev–Trinajstić information content (AvgIpc) is 1.68. The fourth-order valence-corrected chi connectivity index (χ4v) is 10.5. The molecule has 0 aromatic heterocycles. The lowest BCUT2D eigenvalue weighted by molar-refractivity contribution is -0.142. The third-order valence-electron chi connectivity index (χ3n) is 15.5. The van der Waals surface area contributed by atoms with Crippen molar-refractivity contribution in [1.82, 2.24) is 56.8 Å². The van der Waals surface area contributed by atoms with E-state index in [2.05, 4.69) is 52.7 Å². The molecule has 3 aromatic rings. The van der Waals surface area contributed by atoms with Crippen LogP contribution < -0.4 is 54.0 Å². The number of carboxylic acids is 5. The number of carboxylic acid groups (broad SMARTS) is 5. The minimum Gasteiger partial charge on any atom is -0.481 e. The Morgan fingerprint density at radius 1 is 0.606 bits per heavy atom. The zero-order valence-corrected chi connectivity index (χ0v) is 54.3. The van der Waals surface area contributed by atoms with Gasteiger partial charge in [-0.15, -0.1) is 0 Å². The van der Waals surface area contributed by atoms with E-state index in [-0.39, 0.29) is 128 Å². The SMILES string of the molecule is NC(N)=NCCC[C@@H]1NC(=O)[C@H](CCCCNC(=O)C(CO)NC(=O)c2ccc(/C=N/OCC(=O)Nc3ccc(CC4CN(CC(=O)O)CCN(CC(=O)O)CCN(CC(=O)O)CCN4CC(=O)O)cc3)cc2)NC(=O)[C@@H](Cc2ccccc2)NC(=O)[C@H](CC(=O)O)NC(=O)CNC1=O.